The molecular formula is C27H20N4O5S. The van der Waals surface area contributed by atoms with Crippen molar-refractivity contribution in [3.05, 3.63) is 69.4 Å². The second-order valence-electron chi connectivity index (χ2n) is 9.20. The summed E-state index contributed by atoms with van der Waals surface area (Å²) in [5.74, 6) is -0.748. The highest BCUT2D eigenvalue weighted by Crippen LogP contribution is 2.45. The summed E-state index contributed by atoms with van der Waals surface area (Å²) in [6, 6.07) is 11.7. The van der Waals surface area contributed by atoms with Gasteiger partial charge in [-0.1, -0.05) is 0 Å². The molecule has 6 aromatic rings. The summed E-state index contributed by atoms with van der Waals surface area (Å²) < 4.78 is 1.90. The van der Waals surface area contributed by atoms with Gasteiger partial charge in [-0.2, -0.15) is 0 Å². The number of amides is 2. The van der Waals surface area contributed by atoms with Gasteiger partial charge >= 0.3 is 0 Å². The maximum Gasteiger partial charge on any atom is 0.276 e. The number of rotatable bonds is 4. The molecular weight excluding hydrogens is 492 g/mol. The number of thiophene rings is 1. The van der Waals surface area contributed by atoms with Crippen molar-refractivity contribution in [2.45, 2.75) is 13.2 Å². The zero-order valence-corrected chi connectivity index (χ0v) is 20.3. The lowest BCUT2D eigenvalue weighted by Gasteiger charge is -2.14. The van der Waals surface area contributed by atoms with Gasteiger partial charge in [-0.25, -0.2) is 10.4 Å². The summed E-state index contributed by atoms with van der Waals surface area (Å²) in [6.45, 7) is 0.166. The van der Waals surface area contributed by atoms with Gasteiger partial charge in [-0.3, -0.25) is 9.59 Å². The number of aromatic hydroxyl groups is 2. The number of aliphatic hydroxyl groups excluding tert-OH is 1. The number of imide groups is 1. The van der Waals surface area contributed by atoms with Crippen LogP contribution in [0, 0.1) is 0 Å². The Kier molecular flexibility index (Phi) is 4.47. The first kappa shape index (κ1) is 21.9. The Labute approximate surface area is 212 Å². The molecule has 0 aliphatic carbocycles. The number of aryl methyl sites for hydroxylation is 1. The van der Waals surface area contributed by atoms with Crippen molar-refractivity contribution in [3.8, 4) is 11.5 Å². The first-order chi connectivity index (χ1) is 17.9. The summed E-state index contributed by atoms with van der Waals surface area (Å²) in [5.41, 5.74) is 7.17. The summed E-state index contributed by atoms with van der Waals surface area (Å²) in [4.78, 5) is 31.9. The first-order valence-corrected chi connectivity index (χ1v) is 12.5. The monoisotopic (exact) mass is 512 g/mol. The Bertz CT molecular complexity index is 1960. The van der Waals surface area contributed by atoms with E-state index in [1.165, 1.54) is 11.3 Å². The van der Waals surface area contributed by atoms with E-state index in [-0.39, 0.29) is 24.7 Å². The zero-order chi connectivity index (χ0) is 25.6. The fraction of sp³-hybridized carbons (Fsp3) is 0.111. The number of nitrogens with one attached hydrogen (secondary N) is 2. The largest absolute Gasteiger partial charge is 0.508 e. The molecule has 9 nitrogen and oxygen atoms in total. The predicted octanol–water partition coefficient (Wildman–Crippen LogP) is 4.23. The second-order valence-corrected chi connectivity index (χ2v) is 10.2. The van der Waals surface area contributed by atoms with Crippen molar-refractivity contribution < 1.29 is 24.9 Å². The van der Waals surface area contributed by atoms with Crippen LogP contribution in [0.2, 0.25) is 0 Å². The summed E-state index contributed by atoms with van der Waals surface area (Å²) in [7, 11) is 1.85. The molecule has 1 aliphatic heterocycles. The maximum atomic E-state index is 13.9. The Morgan fingerprint density at radius 1 is 0.946 bits per heavy atom. The average molecular weight is 513 g/mol. The van der Waals surface area contributed by atoms with Crippen molar-refractivity contribution in [2.75, 3.05) is 0 Å². The lowest BCUT2D eigenvalue weighted by Crippen LogP contribution is -2.41. The number of hydrogen-bond acceptors (Lipinski definition) is 7. The van der Waals surface area contributed by atoms with Gasteiger partial charge in [0.1, 0.15) is 11.5 Å². The maximum absolute atomic E-state index is 13.9. The van der Waals surface area contributed by atoms with E-state index in [9.17, 15) is 24.9 Å². The van der Waals surface area contributed by atoms with Crippen LogP contribution in [0.3, 0.4) is 0 Å². The van der Waals surface area contributed by atoms with Crippen LogP contribution >= 0.6 is 11.3 Å². The van der Waals surface area contributed by atoms with Crippen molar-refractivity contribution in [3.63, 3.8) is 0 Å². The number of hydrogen-bond donors (Lipinski definition) is 5. The molecule has 1 aliphatic rings. The first-order valence-electron chi connectivity index (χ1n) is 11.6. The number of aliphatic hydroxyl groups is 1. The van der Waals surface area contributed by atoms with Gasteiger partial charge < -0.3 is 24.9 Å². The number of H-pyrrole nitrogens is 1. The van der Waals surface area contributed by atoms with E-state index >= 15 is 0 Å². The predicted molar refractivity (Wildman–Crippen MR) is 141 cm³/mol. The highest BCUT2D eigenvalue weighted by molar-refractivity contribution is 7.10. The van der Waals surface area contributed by atoms with Gasteiger partial charge in [0, 0.05) is 52.1 Å². The molecule has 0 saturated carbocycles. The van der Waals surface area contributed by atoms with Crippen molar-refractivity contribution in [2.24, 2.45) is 7.05 Å². The molecule has 2 amide bonds. The van der Waals surface area contributed by atoms with Gasteiger partial charge in [0.05, 0.1) is 39.8 Å². The van der Waals surface area contributed by atoms with Crippen LogP contribution in [0.15, 0.2) is 47.8 Å². The average Bonchev–Trinajstić information content (AvgIpc) is 3.61. The number of aromatic amines is 1. The topological polar surface area (TPSA) is 131 Å². The van der Waals surface area contributed by atoms with Gasteiger partial charge in [0.25, 0.3) is 11.8 Å². The number of carbonyl (C=O) groups is 2. The molecule has 0 saturated heterocycles. The number of carbonyl (C=O) groups excluding carboxylic acids is 2. The molecule has 0 fully saturated rings. The quantitative estimate of drug-likeness (QED) is 0.225. The van der Waals surface area contributed by atoms with Gasteiger partial charge in [0.2, 0.25) is 0 Å². The molecule has 7 rings (SSSR count). The number of hydrazine groups is 1. The lowest BCUT2D eigenvalue weighted by molar-refractivity contribution is 0.0563. The highest BCUT2D eigenvalue weighted by Gasteiger charge is 2.41. The van der Waals surface area contributed by atoms with Crippen LogP contribution in [-0.2, 0) is 20.2 Å². The van der Waals surface area contributed by atoms with Gasteiger partial charge in [0.15, 0.2) is 0 Å². The minimum atomic E-state index is -0.464. The third-order valence-electron chi connectivity index (χ3n) is 7.09. The Morgan fingerprint density at radius 2 is 1.65 bits per heavy atom. The fourth-order valence-corrected chi connectivity index (χ4v) is 6.25. The molecule has 10 heteroatoms. The minimum absolute atomic E-state index is 0.0690. The number of phenolic OH excluding ortho intramolecular Hbond substituents is 2. The standard InChI is InChI=1S/C27H20N4O5S/c1-30-19-8-14(34)3-5-17(19)21-23-22(20-16-4-2-13(33)7-18(16)29-24(20)25(21)30)26(35)31(27(23)36)28-9-12-6-15(10-32)37-11-12/h2-8,11,28-29,32-34H,9-10H2,1H3. The summed E-state index contributed by atoms with van der Waals surface area (Å²) >= 11 is 1.41. The molecule has 0 spiro atoms. The van der Waals surface area contributed by atoms with Crippen molar-refractivity contribution >= 4 is 66.8 Å². The fourth-order valence-electron chi connectivity index (χ4n) is 5.50. The number of fused-ring (bicyclic) bond motifs is 10. The third kappa shape index (κ3) is 2.91. The van der Waals surface area contributed by atoms with Crippen LogP contribution in [0.1, 0.15) is 31.2 Å². The molecule has 3 aromatic carbocycles. The normalized spacial score (nSPS) is 13.7. The Balaban J connectivity index is 1.53. The zero-order valence-electron chi connectivity index (χ0n) is 19.5. The highest BCUT2D eigenvalue weighted by atomic mass is 32.1. The van der Waals surface area contributed by atoms with E-state index in [0.717, 1.165) is 26.4 Å². The van der Waals surface area contributed by atoms with E-state index < -0.39 is 11.8 Å². The molecule has 37 heavy (non-hydrogen) atoms. The number of nitrogens with zero attached hydrogens (tertiary/aromatic N) is 2. The molecule has 184 valence electrons. The van der Waals surface area contributed by atoms with Crippen molar-refractivity contribution in [1.82, 2.24) is 20.0 Å². The second kappa shape index (κ2) is 7.56. The van der Waals surface area contributed by atoms with Crippen LogP contribution in [0.4, 0.5) is 0 Å². The number of aromatic nitrogens is 2. The number of phenols is 2. The van der Waals surface area contributed by atoms with Gasteiger partial charge in [-0.15, -0.1) is 11.3 Å². The smallest absolute Gasteiger partial charge is 0.276 e. The van der Waals surface area contributed by atoms with E-state index in [1.807, 2.05) is 23.1 Å². The lowest BCUT2D eigenvalue weighted by atomic mass is 9.96. The SMILES string of the molecule is Cn1c2cc(O)ccc2c2c3c(c4c5ccc(O)cc5[nH]c4c21)C(=O)N(NCc1csc(CO)c1)C3=O. The van der Waals surface area contributed by atoms with Gasteiger partial charge in [-0.05, 0) is 41.3 Å². The van der Waals surface area contributed by atoms with Crippen LogP contribution < -0.4 is 5.43 Å². The molecule has 0 bridgehead atoms. The molecule has 0 atom stereocenters. The van der Waals surface area contributed by atoms with E-state index in [4.69, 9.17) is 0 Å². The van der Waals surface area contributed by atoms with E-state index in [1.54, 1.807) is 36.4 Å². The minimum Gasteiger partial charge on any atom is -0.508 e. The van der Waals surface area contributed by atoms with Crippen LogP contribution in [0.5, 0.6) is 11.5 Å². The third-order valence-corrected chi connectivity index (χ3v) is 8.06. The Morgan fingerprint density at radius 3 is 2.38 bits per heavy atom. The number of benzene rings is 3. The van der Waals surface area contributed by atoms with E-state index in [0.29, 0.717) is 43.8 Å². The summed E-state index contributed by atoms with van der Waals surface area (Å²) in [5, 5.41) is 35.2. The molecule has 5 N–H and O–H groups in total. The Hall–Kier alpha value is -4.38. The molecule has 3 aromatic heterocycles. The summed E-state index contributed by atoms with van der Waals surface area (Å²) in [6.07, 6.45) is 0. The molecule has 4 heterocycles. The van der Waals surface area contributed by atoms with Crippen molar-refractivity contribution in [1.29, 1.82) is 0 Å². The van der Waals surface area contributed by atoms with Crippen LogP contribution in [0.25, 0.3) is 43.6 Å². The van der Waals surface area contributed by atoms with Crippen LogP contribution in [-0.4, -0.2) is 41.7 Å². The molecule has 0 radical (unpaired) electrons. The van der Waals surface area contributed by atoms with E-state index in [2.05, 4.69) is 10.4 Å². The molecule has 0 unspecified atom stereocenters.